The fourth-order valence-corrected chi connectivity index (χ4v) is 2.88. The highest BCUT2D eigenvalue weighted by atomic mass is 16.2. The predicted molar refractivity (Wildman–Crippen MR) is 77.8 cm³/mol. The number of amides is 1. The van der Waals surface area contributed by atoms with Crippen molar-refractivity contribution in [3.8, 4) is 0 Å². The molecule has 3 heteroatoms. The van der Waals surface area contributed by atoms with Crippen LogP contribution in [0.1, 0.15) is 38.2 Å². The first-order valence-electron chi connectivity index (χ1n) is 7.32. The number of nitrogens with zero attached hydrogens (tertiary/aromatic N) is 1. The van der Waals surface area contributed by atoms with Crippen molar-refractivity contribution < 1.29 is 4.79 Å². The lowest BCUT2D eigenvalue weighted by atomic mass is 9.97. The van der Waals surface area contributed by atoms with Crippen LogP contribution in [0, 0.1) is 0 Å². The topological polar surface area (TPSA) is 46.3 Å². The maximum Gasteiger partial charge on any atom is 0.240 e. The lowest BCUT2D eigenvalue weighted by Gasteiger charge is -2.36. The van der Waals surface area contributed by atoms with E-state index < -0.39 is 6.04 Å². The van der Waals surface area contributed by atoms with Crippen LogP contribution in [0.4, 0.5) is 0 Å². The molecule has 1 amide bonds. The van der Waals surface area contributed by atoms with Gasteiger partial charge >= 0.3 is 0 Å². The van der Waals surface area contributed by atoms with Gasteiger partial charge in [-0.25, -0.2) is 0 Å². The van der Waals surface area contributed by atoms with Crippen molar-refractivity contribution in [3.05, 3.63) is 35.9 Å². The Morgan fingerprint density at radius 2 is 2.11 bits per heavy atom. The predicted octanol–water partition coefficient (Wildman–Crippen LogP) is 2.35. The van der Waals surface area contributed by atoms with E-state index in [0.717, 1.165) is 31.4 Å². The summed E-state index contributed by atoms with van der Waals surface area (Å²) in [5, 5.41) is 0. The van der Waals surface area contributed by atoms with Gasteiger partial charge in [-0.15, -0.1) is 0 Å². The Balaban J connectivity index is 1.98. The van der Waals surface area contributed by atoms with Gasteiger partial charge in [0.05, 0.1) is 6.04 Å². The summed E-state index contributed by atoms with van der Waals surface area (Å²) in [6.07, 6.45) is 5.13. The van der Waals surface area contributed by atoms with Crippen LogP contribution in [0.5, 0.6) is 0 Å². The molecule has 0 aromatic heterocycles. The summed E-state index contributed by atoms with van der Waals surface area (Å²) >= 11 is 0. The molecule has 1 fully saturated rings. The standard InChI is InChI=1S/C16H24N2O/c1-2-14-10-6-7-11-18(14)16(19)15(17)12-13-8-4-3-5-9-13/h3-5,8-9,14-15H,2,6-7,10-12,17H2,1H3/t14-,15-/m1/s1. The second-order valence-corrected chi connectivity index (χ2v) is 5.39. The SMILES string of the molecule is CC[C@@H]1CCCCN1C(=O)[C@H](N)Cc1ccccc1. The molecule has 3 nitrogen and oxygen atoms in total. The summed E-state index contributed by atoms with van der Waals surface area (Å²) in [5.41, 5.74) is 7.24. The average molecular weight is 260 g/mol. The number of piperidine rings is 1. The Morgan fingerprint density at radius 3 is 2.79 bits per heavy atom. The highest BCUT2D eigenvalue weighted by molar-refractivity contribution is 5.82. The van der Waals surface area contributed by atoms with Crippen LogP contribution in [-0.2, 0) is 11.2 Å². The van der Waals surface area contributed by atoms with Crippen LogP contribution in [0.15, 0.2) is 30.3 Å². The zero-order valence-corrected chi connectivity index (χ0v) is 11.7. The highest BCUT2D eigenvalue weighted by Crippen LogP contribution is 2.20. The second kappa shape index (κ2) is 6.71. The van der Waals surface area contributed by atoms with E-state index in [0.29, 0.717) is 12.5 Å². The van der Waals surface area contributed by atoms with Gasteiger partial charge < -0.3 is 10.6 Å². The molecule has 1 aliphatic rings. The molecule has 19 heavy (non-hydrogen) atoms. The monoisotopic (exact) mass is 260 g/mol. The van der Waals surface area contributed by atoms with Gasteiger partial charge in [0.15, 0.2) is 0 Å². The third-order valence-corrected chi connectivity index (χ3v) is 4.00. The lowest BCUT2D eigenvalue weighted by Crippen LogP contribution is -2.51. The minimum Gasteiger partial charge on any atom is -0.338 e. The molecule has 0 unspecified atom stereocenters. The van der Waals surface area contributed by atoms with Gasteiger partial charge in [0.2, 0.25) is 5.91 Å². The first-order valence-corrected chi connectivity index (χ1v) is 7.32. The number of carbonyl (C=O) groups excluding carboxylic acids is 1. The van der Waals surface area contributed by atoms with Crippen molar-refractivity contribution in [1.82, 2.24) is 4.90 Å². The Bertz CT molecular complexity index is 404. The number of rotatable bonds is 4. The molecular weight excluding hydrogens is 236 g/mol. The Kier molecular flexibility index (Phi) is 4.97. The van der Waals surface area contributed by atoms with Crippen LogP contribution in [0.25, 0.3) is 0 Å². The minimum atomic E-state index is -0.408. The second-order valence-electron chi connectivity index (χ2n) is 5.39. The largest absolute Gasteiger partial charge is 0.338 e. The lowest BCUT2D eigenvalue weighted by molar-refractivity contribution is -0.136. The van der Waals surface area contributed by atoms with Crippen LogP contribution in [-0.4, -0.2) is 29.4 Å². The smallest absolute Gasteiger partial charge is 0.240 e. The highest BCUT2D eigenvalue weighted by Gasteiger charge is 2.28. The molecule has 0 bridgehead atoms. The molecule has 0 aliphatic carbocycles. The summed E-state index contributed by atoms with van der Waals surface area (Å²) in [4.78, 5) is 14.5. The molecule has 1 aromatic rings. The van der Waals surface area contributed by atoms with Gasteiger partial charge in [0, 0.05) is 12.6 Å². The number of nitrogens with two attached hydrogens (primary N) is 1. The van der Waals surface area contributed by atoms with E-state index in [4.69, 9.17) is 5.73 Å². The number of hydrogen-bond acceptors (Lipinski definition) is 2. The van der Waals surface area contributed by atoms with Crippen molar-refractivity contribution >= 4 is 5.91 Å². The van der Waals surface area contributed by atoms with E-state index in [2.05, 4.69) is 6.92 Å². The summed E-state index contributed by atoms with van der Waals surface area (Å²) in [6.45, 7) is 3.03. The Labute approximate surface area is 115 Å². The molecule has 1 heterocycles. The number of carbonyl (C=O) groups is 1. The van der Waals surface area contributed by atoms with Crippen LogP contribution in [0.3, 0.4) is 0 Å². The average Bonchev–Trinajstić information content (AvgIpc) is 2.47. The first-order chi connectivity index (χ1) is 9.22. The molecule has 0 saturated carbocycles. The van der Waals surface area contributed by atoms with Gasteiger partial charge in [0.1, 0.15) is 0 Å². The van der Waals surface area contributed by atoms with E-state index in [1.807, 2.05) is 35.2 Å². The Hall–Kier alpha value is -1.35. The molecule has 104 valence electrons. The molecule has 1 aromatic carbocycles. The van der Waals surface area contributed by atoms with Gasteiger partial charge in [-0.3, -0.25) is 4.79 Å². The van der Waals surface area contributed by atoms with Crippen LogP contribution < -0.4 is 5.73 Å². The fourth-order valence-electron chi connectivity index (χ4n) is 2.88. The van der Waals surface area contributed by atoms with E-state index in [1.54, 1.807) is 0 Å². The zero-order chi connectivity index (χ0) is 13.7. The van der Waals surface area contributed by atoms with Crippen molar-refractivity contribution in [3.63, 3.8) is 0 Å². The minimum absolute atomic E-state index is 0.121. The van der Waals surface area contributed by atoms with Gasteiger partial charge in [-0.05, 0) is 37.7 Å². The normalized spacial score (nSPS) is 21.2. The summed E-state index contributed by atoms with van der Waals surface area (Å²) in [7, 11) is 0. The Morgan fingerprint density at radius 1 is 1.37 bits per heavy atom. The van der Waals surface area contributed by atoms with E-state index in [-0.39, 0.29) is 5.91 Å². The molecule has 2 rings (SSSR count). The van der Waals surface area contributed by atoms with Crippen molar-refractivity contribution in [1.29, 1.82) is 0 Å². The zero-order valence-electron chi connectivity index (χ0n) is 11.7. The maximum absolute atomic E-state index is 12.5. The molecule has 2 atom stereocenters. The first kappa shape index (κ1) is 14.1. The van der Waals surface area contributed by atoms with Gasteiger partial charge in [-0.2, -0.15) is 0 Å². The quantitative estimate of drug-likeness (QED) is 0.903. The molecule has 0 radical (unpaired) electrons. The molecule has 1 saturated heterocycles. The molecule has 0 spiro atoms. The van der Waals surface area contributed by atoms with Gasteiger partial charge in [-0.1, -0.05) is 37.3 Å². The fraction of sp³-hybridized carbons (Fsp3) is 0.562. The molecule has 2 N–H and O–H groups in total. The third kappa shape index (κ3) is 3.57. The number of benzene rings is 1. The summed E-state index contributed by atoms with van der Waals surface area (Å²) < 4.78 is 0. The number of likely N-dealkylation sites (tertiary alicyclic amines) is 1. The van der Waals surface area contributed by atoms with E-state index in [9.17, 15) is 4.79 Å². The van der Waals surface area contributed by atoms with Crippen molar-refractivity contribution in [2.75, 3.05) is 6.54 Å². The van der Waals surface area contributed by atoms with E-state index in [1.165, 1.54) is 6.42 Å². The molecular formula is C16H24N2O. The van der Waals surface area contributed by atoms with E-state index >= 15 is 0 Å². The van der Waals surface area contributed by atoms with Crippen molar-refractivity contribution in [2.24, 2.45) is 5.73 Å². The maximum atomic E-state index is 12.5. The molecule has 1 aliphatic heterocycles. The summed E-state index contributed by atoms with van der Waals surface area (Å²) in [6, 6.07) is 10.00. The van der Waals surface area contributed by atoms with Gasteiger partial charge in [0.25, 0.3) is 0 Å². The van der Waals surface area contributed by atoms with Crippen molar-refractivity contribution in [2.45, 2.75) is 51.1 Å². The summed E-state index contributed by atoms with van der Waals surface area (Å²) in [5.74, 6) is 0.121. The third-order valence-electron chi connectivity index (χ3n) is 4.00. The van der Waals surface area contributed by atoms with Crippen LogP contribution in [0.2, 0.25) is 0 Å². The van der Waals surface area contributed by atoms with Crippen LogP contribution >= 0.6 is 0 Å². The number of hydrogen-bond donors (Lipinski definition) is 1.